The predicted octanol–water partition coefficient (Wildman–Crippen LogP) is 3.66. The molecule has 6 nitrogen and oxygen atoms in total. The van der Waals surface area contributed by atoms with Crippen molar-refractivity contribution in [3.8, 4) is 5.75 Å². The molecule has 3 aliphatic carbocycles. The Morgan fingerprint density at radius 2 is 1.97 bits per heavy atom. The largest absolute Gasteiger partial charge is 0.484 e. The number of benzene rings is 1. The summed E-state index contributed by atoms with van der Waals surface area (Å²) in [7, 11) is 0. The molecule has 0 atom stereocenters. The highest BCUT2D eigenvalue weighted by Crippen LogP contribution is 2.61. The molecule has 0 spiro atoms. The summed E-state index contributed by atoms with van der Waals surface area (Å²) in [5, 5.41) is 6.13. The highest BCUT2D eigenvalue weighted by molar-refractivity contribution is 6.30. The van der Waals surface area contributed by atoms with Crippen molar-refractivity contribution >= 4 is 23.3 Å². The number of nitrogens with one attached hydrogen (secondary N) is 2. The first-order valence-electron chi connectivity index (χ1n) is 8.96. The molecule has 2 N–H and O–H groups in total. The summed E-state index contributed by atoms with van der Waals surface area (Å²) in [5.41, 5.74) is -0.897. The number of hydrogen-bond acceptors (Lipinski definition) is 5. The molecule has 10 heteroatoms. The number of ether oxygens (including phenoxy) is 1. The van der Waals surface area contributed by atoms with E-state index in [4.69, 9.17) is 16.3 Å². The van der Waals surface area contributed by atoms with Crippen LogP contribution in [0.1, 0.15) is 31.9 Å². The minimum absolute atomic E-state index is 0.0174. The lowest BCUT2D eigenvalue weighted by Gasteiger charge is -2.70. The maximum Gasteiger partial charge on any atom is 0.288 e. The van der Waals surface area contributed by atoms with Crippen molar-refractivity contribution < 1.29 is 22.7 Å². The van der Waals surface area contributed by atoms with Crippen molar-refractivity contribution in [2.75, 3.05) is 11.9 Å². The Balaban J connectivity index is 1.24. The number of carbonyl (C=O) groups excluding carboxylic acids is 1. The first-order chi connectivity index (χ1) is 13.6. The lowest BCUT2D eigenvalue weighted by atomic mass is 9.44. The van der Waals surface area contributed by atoms with Gasteiger partial charge in [0.1, 0.15) is 23.1 Å². The highest BCUT2D eigenvalue weighted by Gasteiger charge is 2.68. The number of anilines is 1. The van der Waals surface area contributed by atoms with Gasteiger partial charge in [0.25, 0.3) is 11.8 Å². The summed E-state index contributed by atoms with van der Waals surface area (Å²) in [6.07, 6.45) is 4.41. The topological polar surface area (TPSA) is 76.1 Å². The van der Waals surface area contributed by atoms with E-state index < -0.39 is 11.7 Å². The molecule has 0 aliphatic heterocycles. The Bertz CT molecular complexity index is 930. The fraction of sp³-hybridized carbons (Fsp3) is 0.421. The summed E-state index contributed by atoms with van der Waals surface area (Å²) < 4.78 is 45.1. The zero-order chi connectivity index (χ0) is 20.9. The van der Waals surface area contributed by atoms with Crippen molar-refractivity contribution in [2.45, 2.75) is 43.2 Å². The fourth-order valence-electron chi connectivity index (χ4n) is 3.99. The Morgan fingerprint density at radius 1 is 1.24 bits per heavy atom. The van der Waals surface area contributed by atoms with Crippen LogP contribution in [0.4, 0.5) is 19.0 Å². The Labute approximate surface area is 169 Å². The molecule has 3 fully saturated rings. The number of carbonyl (C=O) groups is 1. The lowest BCUT2D eigenvalue weighted by Crippen LogP contribution is -2.81. The third-order valence-corrected chi connectivity index (χ3v) is 5.50. The number of alkyl halides is 2. The van der Waals surface area contributed by atoms with Crippen molar-refractivity contribution in [1.29, 1.82) is 0 Å². The second kappa shape index (κ2) is 6.76. The SMILES string of the molecule is CC(F)(F)c1cnc(NC23CC(NC(=O)COc4ccc(Cl)c(F)c4)(C2)C3)cn1. The minimum Gasteiger partial charge on any atom is -0.484 e. The Kier molecular flexibility index (Phi) is 4.60. The van der Waals surface area contributed by atoms with E-state index in [1.54, 1.807) is 0 Å². The lowest BCUT2D eigenvalue weighted by molar-refractivity contribution is -0.135. The molecule has 1 amide bonds. The molecule has 0 radical (unpaired) electrons. The molecule has 0 unspecified atom stereocenters. The van der Waals surface area contributed by atoms with Crippen LogP contribution in [-0.4, -0.2) is 33.6 Å². The quantitative estimate of drug-likeness (QED) is 0.706. The number of halogens is 4. The van der Waals surface area contributed by atoms with Gasteiger partial charge in [0.2, 0.25) is 0 Å². The second-order valence-electron chi connectivity index (χ2n) is 7.80. The molecule has 1 aromatic carbocycles. The summed E-state index contributed by atoms with van der Waals surface area (Å²) in [6, 6.07) is 3.97. The fourth-order valence-corrected chi connectivity index (χ4v) is 4.11. The van der Waals surface area contributed by atoms with Gasteiger partial charge in [-0.3, -0.25) is 4.79 Å². The Morgan fingerprint density at radius 3 is 2.55 bits per heavy atom. The summed E-state index contributed by atoms with van der Waals surface area (Å²) in [6.45, 7) is 0.534. The maximum atomic E-state index is 13.4. The van der Waals surface area contributed by atoms with Crippen molar-refractivity contribution in [3.05, 3.63) is 47.1 Å². The van der Waals surface area contributed by atoms with Gasteiger partial charge in [0, 0.05) is 24.1 Å². The monoisotopic (exact) mass is 426 g/mol. The van der Waals surface area contributed by atoms with Gasteiger partial charge >= 0.3 is 0 Å². The molecule has 1 heterocycles. The molecular formula is C19H18ClF3N4O2. The first kappa shape index (κ1) is 19.8. The van der Waals surface area contributed by atoms with E-state index in [2.05, 4.69) is 20.6 Å². The molecule has 154 valence electrons. The third kappa shape index (κ3) is 3.96. The van der Waals surface area contributed by atoms with Crippen LogP contribution < -0.4 is 15.4 Å². The van der Waals surface area contributed by atoms with E-state index in [0.29, 0.717) is 25.1 Å². The summed E-state index contributed by atoms with van der Waals surface area (Å²) in [4.78, 5) is 19.9. The van der Waals surface area contributed by atoms with Crippen LogP contribution in [0.5, 0.6) is 5.75 Å². The van der Waals surface area contributed by atoms with Crippen LogP contribution in [0.25, 0.3) is 0 Å². The summed E-state index contributed by atoms with van der Waals surface area (Å²) >= 11 is 5.60. The molecule has 2 aromatic rings. The van der Waals surface area contributed by atoms with Gasteiger partial charge in [-0.1, -0.05) is 11.6 Å². The van der Waals surface area contributed by atoms with Gasteiger partial charge < -0.3 is 15.4 Å². The van der Waals surface area contributed by atoms with Crippen molar-refractivity contribution in [1.82, 2.24) is 15.3 Å². The number of amides is 1. The van der Waals surface area contributed by atoms with Crippen LogP contribution >= 0.6 is 11.6 Å². The van der Waals surface area contributed by atoms with E-state index in [0.717, 1.165) is 19.2 Å². The average Bonchev–Trinajstić information content (AvgIpc) is 2.59. The van der Waals surface area contributed by atoms with E-state index in [1.807, 2.05) is 0 Å². The molecular weight excluding hydrogens is 409 g/mol. The molecule has 0 saturated heterocycles. The first-order valence-corrected chi connectivity index (χ1v) is 9.33. The number of nitrogens with zero attached hydrogens (tertiary/aromatic N) is 2. The van der Waals surface area contributed by atoms with E-state index in [-0.39, 0.29) is 40.1 Å². The van der Waals surface area contributed by atoms with E-state index in [9.17, 15) is 18.0 Å². The normalized spacial score (nSPS) is 24.9. The van der Waals surface area contributed by atoms with Gasteiger partial charge in [0.15, 0.2) is 6.61 Å². The number of hydrogen-bond donors (Lipinski definition) is 2. The van der Waals surface area contributed by atoms with Crippen LogP contribution in [0.15, 0.2) is 30.6 Å². The molecule has 3 aliphatic rings. The zero-order valence-corrected chi connectivity index (χ0v) is 16.2. The number of aromatic nitrogens is 2. The maximum absolute atomic E-state index is 13.4. The third-order valence-electron chi connectivity index (χ3n) is 5.19. The summed E-state index contributed by atoms with van der Waals surface area (Å²) in [5.74, 6) is -3.31. The minimum atomic E-state index is -3.03. The zero-order valence-electron chi connectivity index (χ0n) is 15.4. The van der Waals surface area contributed by atoms with Gasteiger partial charge in [-0.05, 0) is 31.4 Å². The molecule has 2 bridgehead atoms. The van der Waals surface area contributed by atoms with E-state index in [1.165, 1.54) is 18.3 Å². The van der Waals surface area contributed by atoms with Gasteiger partial charge in [-0.25, -0.2) is 14.4 Å². The van der Waals surface area contributed by atoms with Crippen LogP contribution in [0, 0.1) is 5.82 Å². The van der Waals surface area contributed by atoms with Crippen molar-refractivity contribution in [3.63, 3.8) is 0 Å². The number of rotatable bonds is 7. The van der Waals surface area contributed by atoms with Gasteiger partial charge in [-0.15, -0.1) is 0 Å². The van der Waals surface area contributed by atoms with E-state index >= 15 is 0 Å². The Hall–Kier alpha value is -2.55. The molecule has 3 saturated carbocycles. The van der Waals surface area contributed by atoms with Gasteiger partial charge in [-0.2, -0.15) is 8.78 Å². The van der Waals surface area contributed by atoms with Crippen molar-refractivity contribution in [2.24, 2.45) is 0 Å². The smallest absolute Gasteiger partial charge is 0.288 e. The van der Waals surface area contributed by atoms with Crippen LogP contribution in [0.2, 0.25) is 5.02 Å². The average molecular weight is 427 g/mol. The molecule has 29 heavy (non-hydrogen) atoms. The highest BCUT2D eigenvalue weighted by atomic mass is 35.5. The van der Waals surface area contributed by atoms with Crippen LogP contribution in [-0.2, 0) is 10.7 Å². The van der Waals surface area contributed by atoms with Crippen LogP contribution in [0.3, 0.4) is 0 Å². The molecule has 1 aromatic heterocycles. The van der Waals surface area contributed by atoms with Gasteiger partial charge in [0.05, 0.1) is 17.4 Å². The predicted molar refractivity (Wildman–Crippen MR) is 99.6 cm³/mol. The standard InChI is InChI=1S/C19H18ClF3N4O2/c1-17(22,23)14-5-25-15(6-24-14)26-18-8-19(9-18,10-18)27-16(28)7-29-11-2-3-12(20)13(21)4-11/h2-6H,7-10H2,1H3,(H,25,26)(H,27,28). The second-order valence-corrected chi connectivity index (χ2v) is 8.21. The molecule has 5 rings (SSSR count).